The lowest BCUT2D eigenvalue weighted by Gasteiger charge is -2.08. The molecule has 2 heterocycles. The smallest absolute Gasteiger partial charge is 0.298 e. The Morgan fingerprint density at radius 1 is 0.967 bits per heavy atom. The third-order valence-corrected chi connectivity index (χ3v) is 4.78. The van der Waals surface area contributed by atoms with E-state index in [1.54, 1.807) is 16.7 Å². The lowest BCUT2D eigenvalue weighted by atomic mass is 10.0. The number of hydrogen-bond acceptors (Lipinski definition) is 4. The first kappa shape index (κ1) is 19.1. The molecule has 7 heteroatoms. The molecule has 4 aromatic rings. The number of nitrogens with one attached hydrogen (secondary N) is 1. The average molecular weight is 399 g/mol. The number of nitro groups is 1. The Bertz CT molecular complexity index is 1290. The zero-order chi connectivity index (χ0) is 21.3. The van der Waals surface area contributed by atoms with E-state index in [2.05, 4.69) is 5.32 Å². The predicted molar refractivity (Wildman–Crippen MR) is 114 cm³/mol. The summed E-state index contributed by atoms with van der Waals surface area (Å²) in [4.78, 5) is 36.3. The molecule has 7 nitrogen and oxygen atoms in total. The van der Waals surface area contributed by atoms with E-state index in [9.17, 15) is 19.7 Å². The Morgan fingerprint density at radius 3 is 2.47 bits per heavy atom. The molecule has 0 saturated heterocycles. The summed E-state index contributed by atoms with van der Waals surface area (Å²) in [5, 5.41) is 13.4. The van der Waals surface area contributed by atoms with E-state index >= 15 is 0 Å². The number of hydrogen-bond donors (Lipinski definition) is 1. The lowest BCUT2D eigenvalue weighted by Crippen LogP contribution is -2.24. The molecular weight excluding hydrogens is 382 g/mol. The van der Waals surface area contributed by atoms with Gasteiger partial charge in [-0.15, -0.1) is 0 Å². The van der Waals surface area contributed by atoms with Crippen LogP contribution in [0.15, 0.2) is 79.0 Å². The van der Waals surface area contributed by atoms with Gasteiger partial charge in [-0.1, -0.05) is 42.0 Å². The van der Waals surface area contributed by atoms with E-state index < -0.39 is 16.6 Å². The third kappa shape index (κ3) is 3.56. The second kappa shape index (κ2) is 7.63. The van der Waals surface area contributed by atoms with Crippen molar-refractivity contribution in [3.8, 4) is 11.1 Å². The highest BCUT2D eigenvalue weighted by molar-refractivity contribution is 6.47. The fourth-order valence-electron chi connectivity index (χ4n) is 3.30. The van der Waals surface area contributed by atoms with Crippen molar-refractivity contribution in [3.05, 3.63) is 100 Å². The van der Waals surface area contributed by atoms with Crippen molar-refractivity contribution in [3.63, 3.8) is 0 Å². The maximum Gasteiger partial charge on any atom is 0.298 e. The number of anilines is 1. The van der Waals surface area contributed by atoms with E-state index in [0.29, 0.717) is 5.56 Å². The molecule has 148 valence electrons. The van der Waals surface area contributed by atoms with Crippen LogP contribution in [0.4, 0.5) is 11.4 Å². The van der Waals surface area contributed by atoms with Crippen LogP contribution in [-0.4, -0.2) is 21.0 Å². The second-order valence-electron chi connectivity index (χ2n) is 6.86. The SMILES string of the molecule is Cc1ccc(-c2cc3ccccn3c2C(=O)C(=O)Nc2cccc([N+](=O)[O-])c2)cc1. The van der Waals surface area contributed by atoms with Gasteiger partial charge in [0.1, 0.15) is 5.69 Å². The van der Waals surface area contributed by atoms with E-state index in [0.717, 1.165) is 16.6 Å². The number of ketones is 1. The Labute approximate surface area is 171 Å². The molecule has 2 aromatic heterocycles. The zero-order valence-electron chi connectivity index (χ0n) is 16.0. The van der Waals surface area contributed by atoms with Gasteiger partial charge in [0.15, 0.2) is 0 Å². The normalized spacial score (nSPS) is 10.7. The largest absolute Gasteiger partial charge is 0.319 e. The molecule has 0 aliphatic rings. The van der Waals surface area contributed by atoms with Crippen LogP contribution < -0.4 is 5.32 Å². The van der Waals surface area contributed by atoms with Crippen LogP contribution in [0.5, 0.6) is 0 Å². The summed E-state index contributed by atoms with van der Waals surface area (Å²) in [5.74, 6) is -1.60. The lowest BCUT2D eigenvalue weighted by molar-refractivity contribution is -0.384. The summed E-state index contributed by atoms with van der Waals surface area (Å²) in [6, 6.07) is 20.5. The van der Waals surface area contributed by atoms with Gasteiger partial charge in [0.05, 0.1) is 4.92 Å². The summed E-state index contributed by atoms with van der Waals surface area (Å²) < 4.78 is 1.67. The molecule has 0 aliphatic carbocycles. The van der Waals surface area contributed by atoms with E-state index in [-0.39, 0.29) is 17.1 Å². The van der Waals surface area contributed by atoms with Crippen LogP contribution in [0, 0.1) is 17.0 Å². The number of nitro benzene ring substituents is 1. The summed E-state index contributed by atoms with van der Waals surface area (Å²) in [5.41, 5.74) is 3.56. The Balaban J connectivity index is 1.74. The fraction of sp³-hybridized carbons (Fsp3) is 0.0435. The van der Waals surface area contributed by atoms with Gasteiger partial charge in [-0.2, -0.15) is 0 Å². The first-order chi connectivity index (χ1) is 14.4. The van der Waals surface area contributed by atoms with E-state index in [4.69, 9.17) is 0 Å². The first-order valence-electron chi connectivity index (χ1n) is 9.21. The molecular formula is C23H17N3O4. The minimum absolute atomic E-state index is 0.172. The van der Waals surface area contributed by atoms with Gasteiger partial charge in [-0.25, -0.2) is 0 Å². The van der Waals surface area contributed by atoms with Crippen LogP contribution in [0.2, 0.25) is 0 Å². The summed E-state index contributed by atoms with van der Waals surface area (Å²) in [6.07, 6.45) is 1.72. The number of benzene rings is 2. The molecule has 1 amide bonds. The first-order valence-corrected chi connectivity index (χ1v) is 9.21. The van der Waals surface area contributed by atoms with Crippen LogP contribution in [0.25, 0.3) is 16.6 Å². The molecule has 0 fully saturated rings. The van der Waals surface area contributed by atoms with Crippen molar-refractivity contribution < 1.29 is 14.5 Å². The van der Waals surface area contributed by atoms with Crippen molar-refractivity contribution >= 4 is 28.6 Å². The minimum atomic E-state index is -0.868. The van der Waals surface area contributed by atoms with Gasteiger partial charge < -0.3 is 9.72 Å². The molecule has 30 heavy (non-hydrogen) atoms. The van der Waals surface area contributed by atoms with Crippen LogP contribution >= 0.6 is 0 Å². The average Bonchev–Trinajstić information content (AvgIpc) is 3.13. The third-order valence-electron chi connectivity index (χ3n) is 4.78. The van der Waals surface area contributed by atoms with Gasteiger partial charge in [0.2, 0.25) is 0 Å². The number of non-ortho nitro benzene ring substituents is 1. The van der Waals surface area contributed by atoms with Crippen molar-refractivity contribution in [1.29, 1.82) is 0 Å². The molecule has 0 radical (unpaired) electrons. The Morgan fingerprint density at radius 2 is 1.73 bits per heavy atom. The molecule has 0 aliphatic heterocycles. The number of carbonyl (C=O) groups is 2. The number of pyridine rings is 1. The predicted octanol–water partition coefficient (Wildman–Crippen LogP) is 4.64. The molecule has 0 saturated carbocycles. The minimum Gasteiger partial charge on any atom is -0.319 e. The fourth-order valence-corrected chi connectivity index (χ4v) is 3.30. The Kier molecular flexibility index (Phi) is 4.85. The molecule has 0 spiro atoms. The quantitative estimate of drug-likeness (QED) is 0.229. The number of nitrogens with zero attached hydrogens (tertiary/aromatic N) is 2. The van der Waals surface area contributed by atoms with Crippen LogP contribution in [0.3, 0.4) is 0 Å². The van der Waals surface area contributed by atoms with Gasteiger partial charge in [0, 0.05) is 35.1 Å². The van der Waals surface area contributed by atoms with Crippen molar-refractivity contribution in [2.75, 3.05) is 5.32 Å². The van der Waals surface area contributed by atoms with Crippen LogP contribution in [0.1, 0.15) is 16.1 Å². The number of carbonyl (C=O) groups excluding carboxylic acids is 2. The summed E-state index contributed by atoms with van der Waals surface area (Å²) in [6.45, 7) is 1.97. The maximum atomic E-state index is 13.1. The maximum absolute atomic E-state index is 13.1. The van der Waals surface area contributed by atoms with Gasteiger partial charge in [0.25, 0.3) is 17.4 Å². The number of amides is 1. The number of aromatic nitrogens is 1. The molecule has 0 bridgehead atoms. The molecule has 1 N–H and O–H groups in total. The highest BCUT2D eigenvalue weighted by atomic mass is 16.6. The van der Waals surface area contributed by atoms with Gasteiger partial charge in [-0.3, -0.25) is 19.7 Å². The molecule has 0 unspecified atom stereocenters. The van der Waals surface area contributed by atoms with E-state index in [1.165, 1.54) is 24.3 Å². The zero-order valence-corrected chi connectivity index (χ0v) is 16.0. The van der Waals surface area contributed by atoms with Crippen molar-refractivity contribution in [2.24, 2.45) is 0 Å². The number of rotatable bonds is 5. The number of Topliss-reactive ketones (excluding diaryl/α,β-unsaturated/α-hetero) is 1. The second-order valence-corrected chi connectivity index (χ2v) is 6.86. The number of fused-ring (bicyclic) bond motifs is 1. The topological polar surface area (TPSA) is 93.7 Å². The monoisotopic (exact) mass is 399 g/mol. The number of aryl methyl sites for hydroxylation is 1. The van der Waals surface area contributed by atoms with Crippen molar-refractivity contribution in [1.82, 2.24) is 4.40 Å². The summed E-state index contributed by atoms with van der Waals surface area (Å²) >= 11 is 0. The molecule has 4 rings (SSSR count). The van der Waals surface area contributed by atoms with Gasteiger partial charge >= 0.3 is 0 Å². The van der Waals surface area contributed by atoms with E-state index in [1.807, 2.05) is 49.4 Å². The standard InChI is InChI=1S/C23H17N3O4/c1-15-8-10-16(11-9-15)20-14-18-6-2-3-12-25(18)21(20)22(27)23(28)24-17-5-4-7-19(13-17)26(29)30/h2-14H,1H3,(H,24,28). The molecule has 2 aromatic carbocycles. The molecule has 0 atom stereocenters. The van der Waals surface area contributed by atoms with Crippen molar-refractivity contribution in [2.45, 2.75) is 6.92 Å². The highest BCUT2D eigenvalue weighted by Crippen LogP contribution is 2.29. The summed E-state index contributed by atoms with van der Waals surface area (Å²) in [7, 11) is 0. The van der Waals surface area contributed by atoms with Crippen LogP contribution in [-0.2, 0) is 4.79 Å². The van der Waals surface area contributed by atoms with Gasteiger partial charge in [-0.05, 0) is 36.8 Å². The highest BCUT2D eigenvalue weighted by Gasteiger charge is 2.25. The Hall–Kier alpha value is -4.26.